The molecule has 5 nitrogen and oxygen atoms in total. The standard InChI is InChI=1S/C23H23FN4O/c1-16-5-7-20(8-6-16)26-23(29)17-10-13-28(14-11-17)21-9-12-25-22(27-21)18-3-2-4-19(24)15-18/h2-9,12,15,17H,10-11,13-14H2,1H3,(H,26,29). The van der Waals surface area contributed by atoms with Gasteiger partial charge in [-0.05, 0) is 50.1 Å². The molecule has 0 unspecified atom stereocenters. The molecule has 3 aromatic rings. The minimum Gasteiger partial charge on any atom is -0.356 e. The molecule has 4 rings (SSSR count). The highest BCUT2D eigenvalue weighted by Gasteiger charge is 2.26. The maximum Gasteiger partial charge on any atom is 0.227 e. The summed E-state index contributed by atoms with van der Waals surface area (Å²) >= 11 is 0. The lowest BCUT2D eigenvalue weighted by molar-refractivity contribution is -0.120. The molecular weight excluding hydrogens is 367 g/mol. The van der Waals surface area contributed by atoms with Crippen LogP contribution in [0.15, 0.2) is 60.8 Å². The lowest BCUT2D eigenvalue weighted by Crippen LogP contribution is -2.38. The summed E-state index contributed by atoms with van der Waals surface area (Å²) < 4.78 is 13.5. The molecule has 1 aliphatic heterocycles. The number of nitrogens with zero attached hydrogens (tertiary/aromatic N) is 3. The van der Waals surface area contributed by atoms with Crippen molar-refractivity contribution < 1.29 is 9.18 Å². The fourth-order valence-corrected chi connectivity index (χ4v) is 3.54. The van der Waals surface area contributed by atoms with Crippen LogP contribution in [0.3, 0.4) is 0 Å². The first-order valence-corrected chi connectivity index (χ1v) is 9.80. The SMILES string of the molecule is Cc1ccc(NC(=O)C2CCN(c3ccnc(-c4cccc(F)c4)n3)CC2)cc1. The fraction of sp³-hybridized carbons (Fsp3) is 0.261. The van der Waals surface area contributed by atoms with E-state index >= 15 is 0 Å². The summed E-state index contributed by atoms with van der Waals surface area (Å²) in [7, 11) is 0. The topological polar surface area (TPSA) is 58.1 Å². The number of carbonyl (C=O) groups is 1. The van der Waals surface area contributed by atoms with Gasteiger partial charge in [-0.3, -0.25) is 4.79 Å². The number of hydrogen-bond acceptors (Lipinski definition) is 4. The first kappa shape index (κ1) is 19.1. The van der Waals surface area contributed by atoms with Gasteiger partial charge in [-0.15, -0.1) is 0 Å². The molecule has 0 atom stereocenters. The van der Waals surface area contributed by atoms with Crippen LogP contribution in [-0.2, 0) is 4.79 Å². The Morgan fingerprint density at radius 3 is 2.59 bits per heavy atom. The first-order valence-electron chi connectivity index (χ1n) is 9.80. The number of amides is 1. The van der Waals surface area contributed by atoms with E-state index < -0.39 is 0 Å². The molecule has 0 spiro atoms. The number of aromatic nitrogens is 2. The molecule has 0 bridgehead atoms. The normalized spacial score (nSPS) is 14.6. The van der Waals surface area contributed by atoms with Crippen molar-refractivity contribution in [1.29, 1.82) is 0 Å². The number of anilines is 2. The Labute approximate surface area is 169 Å². The van der Waals surface area contributed by atoms with Crippen molar-refractivity contribution in [3.05, 3.63) is 72.2 Å². The van der Waals surface area contributed by atoms with Crippen molar-refractivity contribution in [2.24, 2.45) is 5.92 Å². The Hall–Kier alpha value is -3.28. The first-order chi connectivity index (χ1) is 14.1. The van der Waals surface area contributed by atoms with Gasteiger partial charge in [-0.25, -0.2) is 14.4 Å². The van der Waals surface area contributed by atoms with Crippen LogP contribution in [0, 0.1) is 18.7 Å². The lowest BCUT2D eigenvalue weighted by atomic mass is 9.95. The predicted octanol–water partition coefficient (Wildman–Crippen LogP) is 4.45. The average Bonchev–Trinajstić information content (AvgIpc) is 2.75. The number of carbonyl (C=O) groups excluding carboxylic acids is 1. The summed E-state index contributed by atoms with van der Waals surface area (Å²) in [6.45, 7) is 3.51. The Balaban J connectivity index is 1.39. The third kappa shape index (κ3) is 4.59. The Bertz CT molecular complexity index is 998. The third-order valence-electron chi connectivity index (χ3n) is 5.23. The van der Waals surface area contributed by atoms with Gasteiger partial charge < -0.3 is 10.2 Å². The number of piperidine rings is 1. The second-order valence-corrected chi connectivity index (χ2v) is 7.37. The number of benzene rings is 2. The molecule has 2 aromatic carbocycles. The van der Waals surface area contributed by atoms with Crippen LogP contribution in [0.1, 0.15) is 18.4 Å². The van der Waals surface area contributed by atoms with Crippen molar-refractivity contribution in [1.82, 2.24) is 9.97 Å². The number of aryl methyl sites for hydroxylation is 1. The Morgan fingerprint density at radius 1 is 1.10 bits per heavy atom. The molecule has 148 valence electrons. The van der Waals surface area contributed by atoms with Gasteiger partial charge in [0.05, 0.1) is 0 Å². The summed E-state index contributed by atoms with van der Waals surface area (Å²) in [5.74, 6) is 1.04. The molecule has 2 heterocycles. The second-order valence-electron chi connectivity index (χ2n) is 7.37. The molecule has 1 aromatic heterocycles. The highest BCUT2D eigenvalue weighted by molar-refractivity contribution is 5.92. The van der Waals surface area contributed by atoms with E-state index in [-0.39, 0.29) is 17.6 Å². The zero-order chi connectivity index (χ0) is 20.2. The molecule has 6 heteroatoms. The molecule has 29 heavy (non-hydrogen) atoms. The minimum atomic E-state index is -0.308. The quantitative estimate of drug-likeness (QED) is 0.715. The van der Waals surface area contributed by atoms with E-state index in [0.29, 0.717) is 11.4 Å². The van der Waals surface area contributed by atoms with Gasteiger partial charge in [0.15, 0.2) is 5.82 Å². The maximum atomic E-state index is 13.5. The average molecular weight is 390 g/mol. The van der Waals surface area contributed by atoms with Gasteiger partial charge in [0.1, 0.15) is 11.6 Å². The molecule has 0 aliphatic carbocycles. The molecular formula is C23H23FN4O. The van der Waals surface area contributed by atoms with Gasteiger partial charge in [0.2, 0.25) is 5.91 Å². The maximum absolute atomic E-state index is 13.5. The van der Waals surface area contributed by atoms with Crippen LogP contribution in [0.4, 0.5) is 15.9 Å². The monoisotopic (exact) mass is 390 g/mol. The summed E-state index contributed by atoms with van der Waals surface area (Å²) in [6.07, 6.45) is 3.22. The molecule has 1 saturated heterocycles. The van der Waals surface area contributed by atoms with E-state index in [1.54, 1.807) is 18.3 Å². The van der Waals surface area contributed by atoms with Gasteiger partial charge in [-0.2, -0.15) is 0 Å². The number of rotatable bonds is 4. The Kier molecular flexibility index (Phi) is 5.51. The van der Waals surface area contributed by atoms with Crippen molar-refractivity contribution >= 4 is 17.4 Å². The van der Waals surface area contributed by atoms with Crippen LogP contribution in [0.2, 0.25) is 0 Å². The minimum absolute atomic E-state index is 0.0166. The second kappa shape index (κ2) is 8.39. The molecule has 1 amide bonds. The van der Waals surface area contributed by atoms with Crippen molar-refractivity contribution in [3.8, 4) is 11.4 Å². The largest absolute Gasteiger partial charge is 0.356 e. The lowest BCUT2D eigenvalue weighted by Gasteiger charge is -2.32. The summed E-state index contributed by atoms with van der Waals surface area (Å²) in [4.78, 5) is 23.6. The molecule has 0 saturated carbocycles. The highest BCUT2D eigenvalue weighted by Crippen LogP contribution is 2.25. The molecule has 1 fully saturated rings. The van der Waals surface area contributed by atoms with E-state index in [0.717, 1.165) is 37.4 Å². The predicted molar refractivity (Wildman–Crippen MR) is 112 cm³/mol. The van der Waals surface area contributed by atoms with Crippen LogP contribution >= 0.6 is 0 Å². The van der Waals surface area contributed by atoms with Crippen LogP contribution in [0.25, 0.3) is 11.4 Å². The zero-order valence-corrected chi connectivity index (χ0v) is 16.3. The molecule has 1 N–H and O–H groups in total. The summed E-state index contributed by atoms with van der Waals surface area (Å²) in [5.41, 5.74) is 2.65. The highest BCUT2D eigenvalue weighted by atomic mass is 19.1. The smallest absolute Gasteiger partial charge is 0.227 e. The zero-order valence-electron chi connectivity index (χ0n) is 16.3. The molecule has 0 radical (unpaired) electrons. The van der Waals surface area contributed by atoms with Crippen molar-refractivity contribution in [3.63, 3.8) is 0 Å². The fourth-order valence-electron chi connectivity index (χ4n) is 3.54. The summed E-state index contributed by atoms with van der Waals surface area (Å²) in [5, 5.41) is 3.01. The number of halogens is 1. The van der Waals surface area contributed by atoms with Gasteiger partial charge in [0.25, 0.3) is 0 Å². The van der Waals surface area contributed by atoms with Crippen molar-refractivity contribution in [2.45, 2.75) is 19.8 Å². The van der Waals surface area contributed by atoms with E-state index in [2.05, 4.69) is 20.2 Å². The van der Waals surface area contributed by atoms with E-state index in [1.807, 2.05) is 37.3 Å². The molecule has 1 aliphatic rings. The van der Waals surface area contributed by atoms with Crippen molar-refractivity contribution in [2.75, 3.05) is 23.3 Å². The van der Waals surface area contributed by atoms with Crippen LogP contribution in [-0.4, -0.2) is 29.0 Å². The number of hydrogen-bond donors (Lipinski definition) is 1. The summed E-state index contributed by atoms with van der Waals surface area (Å²) in [6, 6.07) is 16.0. The Morgan fingerprint density at radius 2 is 1.86 bits per heavy atom. The van der Waals surface area contributed by atoms with E-state index in [1.165, 1.54) is 17.7 Å². The third-order valence-corrected chi connectivity index (χ3v) is 5.23. The van der Waals surface area contributed by atoms with Gasteiger partial charge >= 0.3 is 0 Å². The van der Waals surface area contributed by atoms with Crippen LogP contribution < -0.4 is 10.2 Å². The van der Waals surface area contributed by atoms with Gasteiger partial charge in [0, 0.05) is 36.5 Å². The van der Waals surface area contributed by atoms with Crippen LogP contribution in [0.5, 0.6) is 0 Å². The van der Waals surface area contributed by atoms with E-state index in [9.17, 15) is 9.18 Å². The van der Waals surface area contributed by atoms with Gasteiger partial charge in [-0.1, -0.05) is 29.8 Å². The number of nitrogens with one attached hydrogen (secondary N) is 1. The van der Waals surface area contributed by atoms with E-state index in [4.69, 9.17) is 0 Å².